The molecule has 0 aromatic heterocycles. The average Bonchev–Trinajstić information content (AvgIpc) is 2.35. The highest BCUT2D eigenvalue weighted by Crippen LogP contribution is 2.32. The quantitative estimate of drug-likeness (QED) is 0.792. The van der Waals surface area contributed by atoms with Crippen molar-refractivity contribution in [3.8, 4) is 0 Å². The lowest BCUT2D eigenvalue weighted by Gasteiger charge is -2.47. The average molecular weight is 236 g/mol. The molecule has 3 aliphatic heterocycles. The predicted octanol–water partition coefficient (Wildman–Crippen LogP) is 2.49. The van der Waals surface area contributed by atoms with E-state index in [0.29, 0.717) is 0 Å². The van der Waals surface area contributed by atoms with Crippen molar-refractivity contribution in [3.05, 3.63) is 0 Å². The van der Waals surface area contributed by atoms with Gasteiger partial charge < -0.3 is 10.2 Å². The minimum Gasteiger partial charge on any atom is -0.310 e. The molecule has 2 heteroatoms. The molecular weight excluding hydrogens is 208 g/mol. The van der Waals surface area contributed by atoms with Crippen molar-refractivity contribution in [2.45, 2.75) is 58.0 Å². The van der Waals surface area contributed by atoms with Crippen LogP contribution in [0, 0.1) is 17.8 Å². The first-order valence-corrected chi connectivity index (χ1v) is 7.71. The summed E-state index contributed by atoms with van der Waals surface area (Å²) in [5, 5.41) is 4.00. The van der Waals surface area contributed by atoms with Crippen molar-refractivity contribution < 1.29 is 0 Å². The Bertz CT molecular complexity index is 258. The SMILES string of the molecule is CC1CCC(NC2CN3CCC2CC3)CC1C. The Morgan fingerprint density at radius 1 is 0.941 bits per heavy atom. The molecule has 17 heavy (non-hydrogen) atoms. The minimum atomic E-state index is 0.808. The van der Waals surface area contributed by atoms with Crippen LogP contribution < -0.4 is 5.32 Å². The summed E-state index contributed by atoms with van der Waals surface area (Å²) in [7, 11) is 0. The Hall–Kier alpha value is -0.0800. The predicted molar refractivity (Wildman–Crippen MR) is 72.1 cm³/mol. The summed E-state index contributed by atoms with van der Waals surface area (Å²) in [5.41, 5.74) is 0. The van der Waals surface area contributed by atoms with E-state index in [1.807, 2.05) is 0 Å². The molecule has 0 radical (unpaired) electrons. The summed E-state index contributed by atoms with van der Waals surface area (Å²) in [6.45, 7) is 8.91. The highest BCUT2D eigenvalue weighted by atomic mass is 15.2. The van der Waals surface area contributed by atoms with Crippen molar-refractivity contribution in [2.75, 3.05) is 19.6 Å². The largest absolute Gasteiger partial charge is 0.310 e. The van der Waals surface area contributed by atoms with Gasteiger partial charge in [0.15, 0.2) is 0 Å². The molecule has 3 heterocycles. The lowest BCUT2D eigenvalue weighted by Crippen LogP contribution is -2.58. The number of fused-ring (bicyclic) bond motifs is 3. The van der Waals surface area contributed by atoms with E-state index in [0.717, 1.165) is 29.8 Å². The van der Waals surface area contributed by atoms with Gasteiger partial charge in [0, 0.05) is 18.6 Å². The fourth-order valence-electron chi connectivity index (χ4n) is 4.16. The Kier molecular flexibility index (Phi) is 3.45. The van der Waals surface area contributed by atoms with Crippen molar-refractivity contribution in [2.24, 2.45) is 17.8 Å². The maximum atomic E-state index is 4.00. The van der Waals surface area contributed by atoms with Crippen molar-refractivity contribution in [1.82, 2.24) is 10.2 Å². The molecule has 0 aromatic rings. The van der Waals surface area contributed by atoms with Gasteiger partial charge in [-0.05, 0) is 62.9 Å². The van der Waals surface area contributed by atoms with Gasteiger partial charge in [-0.25, -0.2) is 0 Å². The van der Waals surface area contributed by atoms with Crippen LogP contribution in [-0.4, -0.2) is 36.6 Å². The van der Waals surface area contributed by atoms with Gasteiger partial charge in [0.05, 0.1) is 0 Å². The maximum Gasteiger partial charge on any atom is 0.0226 e. The second kappa shape index (κ2) is 4.89. The van der Waals surface area contributed by atoms with Crippen molar-refractivity contribution >= 4 is 0 Å². The number of piperidine rings is 3. The first-order valence-electron chi connectivity index (χ1n) is 7.71. The summed E-state index contributed by atoms with van der Waals surface area (Å²) < 4.78 is 0. The van der Waals surface area contributed by atoms with Crippen LogP contribution in [0.5, 0.6) is 0 Å². The third-order valence-corrected chi connectivity index (χ3v) is 5.70. The lowest BCUT2D eigenvalue weighted by atomic mass is 9.77. The van der Waals surface area contributed by atoms with Crippen molar-refractivity contribution in [3.63, 3.8) is 0 Å². The third-order valence-electron chi connectivity index (χ3n) is 5.70. The molecule has 2 nitrogen and oxygen atoms in total. The summed E-state index contributed by atoms with van der Waals surface area (Å²) in [6, 6.07) is 1.62. The zero-order valence-electron chi connectivity index (χ0n) is 11.5. The highest BCUT2D eigenvalue weighted by molar-refractivity contribution is 4.93. The lowest BCUT2D eigenvalue weighted by molar-refractivity contribution is 0.0597. The molecule has 98 valence electrons. The summed E-state index contributed by atoms with van der Waals surface area (Å²) in [5.74, 6) is 2.84. The summed E-state index contributed by atoms with van der Waals surface area (Å²) >= 11 is 0. The Morgan fingerprint density at radius 2 is 1.71 bits per heavy atom. The molecule has 2 bridgehead atoms. The fraction of sp³-hybridized carbons (Fsp3) is 1.00. The molecular formula is C15H28N2. The van der Waals surface area contributed by atoms with E-state index in [9.17, 15) is 0 Å². The van der Waals surface area contributed by atoms with E-state index in [2.05, 4.69) is 24.1 Å². The molecule has 4 atom stereocenters. The van der Waals surface area contributed by atoms with E-state index < -0.39 is 0 Å². The standard InChI is InChI=1S/C15H28N2/c1-11-3-4-14(9-12(11)2)16-15-10-17-7-5-13(15)6-8-17/h11-16H,3-10H2,1-2H3. The van der Waals surface area contributed by atoms with Crippen LogP contribution in [-0.2, 0) is 0 Å². The summed E-state index contributed by atoms with van der Waals surface area (Å²) in [4.78, 5) is 2.66. The molecule has 4 unspecified atom stereocenters. The number of nitrogens with zero attached hydrogens (tertiary/aromatic N) is 1. The molecule has 0 aromatic carbocycles. The van der Waals surface area contributed by atoms with Gasteiger partial charge in [0.1, 0.15) is 0 Å². The fourth-order valence-corrected chi connectivity index (χ4v) is 4.16. The number of nitrogens with one attached hydrogen (secondary N) is 1. The van der Waals surface area contributed by atoms with Crippen LogP contribution in [0.3, 0.4) is 0 Å². The minimum absolute atomic E-state index is 0.808. The first kappa shape index (κ1) is 12.0. The zero-order valence-corrected chi connectivity index (χ0v) is 11.5. The highest BCUT2D eigenvalue weighted by Gasteiger charge is 2.36. The van der Waals surface area contributed by atoms with Gasteiger partial charge in [0.2, 0.25) is 0 Å². The molecule has 1 aliphatic carbocycles. The molecule has 1 saturated carbocycles. The van der Waals surface area contributed by atoms with Crippen LogP contribution in [0.4, 0.5) is 0 Å². The van der Waals surface area contributed by atoms with Gasteiger partial charge in [0.25, 0.3) is 0 Å². The van der Waals surface area contributed by atoms with Crippen LogP contribution >= 0.6 is 0 Å². The van der Waals surface area contributed by atoms with Gasteiger partial charge >= 0.3 is 0 Å². The van der Waals surface area contributed by atoms with Crippen LogP contribution in [0.25, 0.3) is 0 Å². The topological polar surface area (TPSA) is 15.3 Å². The zero-order chi connectivity index (χ0) is 11.8. The normalized spacial score (nSPS) is 50.5. The van der Waals surface area contributed by atoms with Crippen molar-refractivity contribution in [1.29, 1.82) is 0 Å². The Morgan fingerprint density at radius 3 is 2.29 bits per heavy atom. The van der Waals surface area contributed by atoms with E-state index in [1.54, 1.807) is 0 Å². The smallest absolute Gasteiger partial charge is 0.0226 e. The number of hydrogen-bond donors (Lipinski definition) is 1. The number of rotatable bonds is 2. The van der Waals surface area contributed by atoms with E-state index in [4.69, 9.17) is 0 Å². The Balaban J connectivity index is 1.53. The Labute approximate surface area is 106 Å². The van der Waals surface area contributed by atoms with Crippen LogP contribution in [0.15, 0.2) is 0 Å². The molecule has 1 N–H and O–H groups in total. The molecule has 3 saturated heterocycles. The van der Waals surface area contributed by atoms with Gasteiger partial charge in [-0.1, -0.05) is 13.8 Å². The second-order valence-electron chi connectivity index (χ2n) is 6.88. The second-order valence-corrected chi connectivity index (χ2v) is 6.88. The maximum absolute atomic E-state index is 4.00. The molecule has 0 amide bonds. The van der Waals surface area contributed by atoms with Gasteiger partial charge in [-0.2, -0.15) is 0 Å². The summed E-state index contributed by atoms with van der Waals surface area (Å²) in [6.07, 6.45) is 7.13. The molecule has 4 fully saturated rings. The molecule has 4 rings (SSSR count). The van der Waals surface area contributed by atoms with Crippen LogP contribution in [0.1, 0.15) is 46.0 Å². The van der Waals surface area contributed by atoms with E-state index >= 15 is 0 Å². The molecule has 4 aliphatic rings. The third kappa shape index (κ3) is 2.53. The molecule has 0 spiro atoms. The van der Waals surface area contributed by atoms with Gasteiger partial charge in [-0.3, -0.25) is 0 Å². The first-order chi connectivity index (χ1) is 8.22. The van der Waals surface area contributed by atoms with E-state index in [1.165, 1.54) is 51.7 Å². The monoisotopic (exact) mass is 236 g/mol. The van der Waals surface area contributed by atoms with Crippen LogP contribution in [0.2, 0.25) is 0 Å². The van der Waals surface area contributed by atoms with E-state index in [-0.39, 0.29) is 0 Å². The number of hydrogen-bond acceptors (Lipinski definition) is 2. The van der Waals surface area contributed by atoms with Gasteiger partial charge in [-0.15, -0.1) is 0 Å².